The molecule has 0 N–H and O–H groups in total. The first-order chi connectivity index (χ1) is 7.21. The van der Waals surface area contributed by atoms with Gasteiger partial charge in [0.2, 0.25) is 0 Å². The Morgan fingerprint density at radius 1 is 1.19 bits per heavy atom. The highest BCUT2D eigenvalue weighted by atomic mass is 19.2. The van der Waals surface area contributed by atoms with Crippen LogP contribution in [0.2, 0.25) is 0 Å². The first-order valence-electron chi connectivity index (χ1n) is 3.74. The molecule has 0 aromatic rings. The van der Waals surface area contributed by atoms with E-state index in [-0.39, 0.29) is 0 Å². The van der Waals surface area contributed by atoms with Crippen LogP contribution in [0.25, 0.3) is 0 Å². The van der Waals surface area contributed by atoms with Gasteiger partial charge in [-0.15, -0.1) is 0 Å². The van der Waals surface area contributed by atoms with Crippen molar-refractivity contribution >= 4 is 12.1 Å². The van der Waals surface area contributed by atoms with E-state index in [2.05, 4.69) is 0 Å². The second-order valence-corrected chi connectivity index (χ2v) is 2.91. The van der Waals surface area contributed by atoms with E-state index < -0.39 is 47.2 Å². The first kappa shape index (κ1) is 12.5. The number of rotatable bonds is 2. The van der Waals surface area contributed by atoms with Crippen LogP contribution in [-0.2, 0) is 9.59 Å². The lowest BCUT2D eigenvalue weighted by atomic mass is 9.91. The maximum Gasteiger partial charge on any atom is 0.349 e. The van der Waals surface area contributed by atoms with Gasteiger partial charge < -0.3 is 0 Å². The van der Waals surface area contributed by atoms with Crippen LogP contribution < -0.4 is 0 Å². The Labute approximate surface area is 84.2 Å². The van der Waals surface area contributed by atoms with Crippen molar-refractivity contribution in [3.8, 4) is 0 Å². The van der Waals surface area contributed by atoms with Gasteiger partial charge in [-0.2, -0.15) is 8.78 Å². The molecule has 0 aromatic carbocycles. The third kappa shape index (κ3) is 1.63. The molecule has 0 saturated carbocycles. The molecule has 1 aliphatic rings. The number of hydrogen-bond acceptors (Lipinski definition) is 2. The van der Waals surface area contributed by atoms with Crippen molar-refractivity contribution in [1.29, 1.82) is 0 Å². The highest BCUT2D eigenvalue weighted by Gasteiger charge is 2.52. The fraction of sp³-hybridized carbons (Fsp3) is 0.250. The predicted octanol–water partition coefficient (Wildman–Crippen LogP) is 2.32. The van der Waals surface area contributed by atoms with Crippen LogP contribution in [0.5, 0.6) is 0 Å². The van der Waals surface area contributed by atoms with Crippen LogP contribution in [0.1, 0.15) is 0 Å². The van der Waals surface area contributed by atoms with E-state index in [0.29, 0.717) is 0 Å². The van der Waals surface area contributed by atoms with E-state index in [1.165, 1.54) is 0 Å². The zero-order valence-electron chi connectivity index (χ0n) is 7.24. The van der Waals surface area contributed by atoms with Crippen LogP contribution in [0.15, 0.2) is 23.6 Å². The topological polar surface area (TPSA) is 34.1 Å². The summed E-state index contributed by atoms with van der Waals surface area (Å²) in [5, 5.41) is 0. The van der Waals surface area contributed by atoms with Crippen LogP contribution in [-0.4, -0.2) is 17.7 Å². The fourth-order valence-corrected chi connectivity index (χ4v) is 1.11. The highest BCUT2D eigenvalue weighted by molar-refractivity contribution is 5.88. The molecule has 16 heavy (non-hydrogen) atoms. The summed E-state index contributed by atoms with van der Waals surface area (Å²) in [6.07, 6.45) is -0.615. The molecule has 0 heterocycles. The van der Waals surface area contributed by atoms with E-state index in [1.807, 2.05) is 0 Å². The summed E-state index contributed by atoms with van der Waals surface area (Å²) in [5.74, 6) is -10.2. The maximum atomic E-state index is 13.1. The summed E-state index contributed by atoms with van der Waals surface area (Å²) >= 11 is 0. The van der Waals surface area contributed by atoms with E-state index in [4.69, 9.17) is 0 Å². The second kappa shape index (κ2) is 3.76. The largest absolute Gasteiger partial charge is 0.349 e. The van der Waals surface area contributed by atoms with Gasteiger partial charge in [-0.3, -0.25) is 9.59 Å². The third-order valence-electron chi connectivity index (χ3n) is 1.91. The van der Waals surface area contributed by atoms with Crippen molar-refractivity contribution in [2.24, 2.45) is 5.92 Å². The van der Waals surface area contributed by atoms with Crippen molar-refractivity contribution in [1.82, 2.24) is 0 Å². The Bertz CT molecular complexity index is 426. The SMILES string of the molecule is O=C(F)C1C(F)=CC(F)(C(=O)F)C(F)=C1F. The summed E-state index contributed by atoms with van der Waals surface area (Å²) < 4.78 is 75.6. The molecule has 0 bridgehead atoms. The molecule has 0 fully saturated rings. The third-order valence-corrected chi connectivity index (χ3v) is 1.91. The molecule has 0 aromatic heterocycles. The van der Waals surface area contributed by atoms with E-state index in [0.717, 1.165) is 0 Å². The van der Waals surface area contributed by atoms with Gasteiger partial charge in [0.05, 0.1) is 0 Å². The quantitative estimate of drug-likeness (QED) is 0.551. The van der Waals surface area contributed by atoms with Crippen molar-refractivity contribution in [2.75, 3.05) is 0 Å². The van der Waals surface area contributed by atoms with Gasteiger partial charge in [0, 0.05) is 6.08 Å². The molecule has 2 atom stereocenters. The fourth-order valence-electron chi connectivity index (χ4n) is 1.11. The first-order valence-corrected chi connectivity index (χ1v) is 3.74. The molecule has 0 aliphatic heterocycles. The van der Waals surface area contributed by atoms with E-state index in [1.54, 1.807) is 0 Å². The molecule has 0 spiro atoms. The van der Waals surface area contributed by atoms with Crippen molar-refractivity contribution in [3.05, 3.63) is 23.6 Å². The van der Waals surface area contributed by atoms with Gasteiger partial charge >= 0.3 is 12.1 Å². The van der Waals surface area contributed by atoms with Crippen LogP contribution in [0, 0.1) is 5.92 Å². The standard InChI is InChI=1S/C8H2F6O2/c9-2-1-8(14,7(13)16)5(11)4(10)3(2)6(12)15/h1,3H. The van der Waals surface area contributed by atoms with Crippen molar-refractivity contribution in [3.63, 3.8) is 0 Å². The average molecular weight is 244 g/mol. The van der Waals surface area contributed by atoms with Crippen LogP contribution >= 0.6 is 0 Å². The Balaban J connectivity index is 3.37. The van der Waals surface area contributed by atoms with Gasteiger partial charge in [-0.05, 0) is 0 Å². The molecule has 2 unspecified atom stereocenters. The number of alkyl halides is 1. The molecule has 0 saturated heterocycles. The Morgan fingerprint density at radius 2 is 1.69 bits per heavy atom. The number of carbonyl (C=O) groups is 2. The lowest BCUT2D eigenvalue weighted by molar-refractivity contribution is -0.139. The van der Waals surface area contributed by atoms with Gasteiger partial charge in [0.25, 0.3) is 5.67 Å². The summed E-state index contributed by atoms with van der Waals surface area (Å²) in [6, 6.07) is -5.64. The zero-order chi connectivity index (χ0) is 12.7. The minimum atomic E-state index is -4.28. The Hall–Kier alpha value is -1.60. The summed E-state index contributed by atoms with van der Waals surface area (Å²) in [6.45, 7) is 0. The lowest BCUT2D eigenvalue weighted by Crippen LogP contribution is -2.35. The van der Waals surface area contributed by atoms with Gasteiger partial charge in [0.1, 0.15) is 5.83 Å². The minimum Gasteiger partial charge on any atom is -0.260 e. The minimum absolute atomic E-state index is 0.615. The maximum absolute atomic E-state index is 13.1. The smallest absolute Gasteiger partial charge is 0.260 e. The molecular weight excluding hydrogens is 242 g/mol. The normalized spacial score (nSPS) is 30.1. The molecule has 88 valence electrons. The average Bonchev–Trinajstić information content (AvgIpc) is 2.13. The molecule has 8 heteroatoms. The molecule has 0 radical (unpaired) electrons. The predicted molar refractivity (Wildman–Crippen MR) is 38.0 cm³/mol. The van der Waals surface area contributed by atoms with Gasteiger partial charge in [-0.1, -0.05) is 0 Å². The number of halogens is 6. The van der Waals surface area contributed by atoms with E-state index in [9.17, 15) is 35.9 Å². The van der Waals surface area contributed by atoms with E-state index >= 15 is 0 Å². The highest BCUT2D eigenvalue weighted by Crippen LogP contribution is 2.42. The Kier molecular flexibility index (Phi) is 2.93. The molecular formula is C8H2F6O2. The lowest BCUT2D eigenvalue weighted by Gasteiger charge is -2.22. The summed E-state index contributed by atoms with van der Waals surface area (Å²) in [4.78, 5) is 20.1. The molecule has 2 nitrogen and oxygen atoms in total. The molecule has 0 amide bonds. The summed E-state index contributed by atoms with van der Waals surface area (Å²) in [5.41, 5.74) is -4.28. The summed E-state index contributed by atoms with van der Waals surface area (Å²) in [7, 11) is 0. The van der Waals surface area contributed by atoms with Crippen LogP contribution in [0.4, 0.5) is 26.3 Å². The number of hydrogen-bond donors (Lipinski definition) is 0. The monoisotopic (exact) mass is 244 g/mol. The van der Waals surface area contributed by atoms with Crippen molar-refractivity contribution < 1.29 is 35.9 Å². The molecule has 1 rings (SSSR count). The van der Waals surface area contributed by atoms with Gasteiger partial charge in [0.15, 0.2) is 17.6 Å². The Morgan fingerprint density at radius 3 is 2.06 bits per heavy atom. The number of carbonyl (C=O) groups excluding carboxylic acids is 2. The van der Waals surface area contributed by atoms with Crippen LogP contribution in [0.3, 0.4) is 0 Å². The second-order valence-electron chi connectivity index (χ2n) is 2.91. The van der Waals surface area contributed by atoms with Gasteiger partial charge in [-0.25, -0.2) is 17.6 Å². The number of allylic oxidation sites excluding steroid dienone is 4. The van der Waals surface area contributed by atoms with Crippen molar-refractivity contribution in [2.45, 2.75) is 5.67 Å². The molecule has 1 aliphatic carbocycles. The zero-order valence-corrected chi connectivity index (χ0v) is 7.24.